The summed E-state index contributed by atoms with van der Waals surface area (Å²) in [5.74, 6) is 5.60. The molecule has 0 saturated heterocycles. The molecule has 0 aromatic carbocycles. The Morgan fingerprint density at radius 3 is 2.59 bits per heavy atom. The predicted molar refractivity (Wildman–Crippen MR) is 117 cm³/mol. The van der Waals surface area contributed by atoms with Gasteiger partial charge in [-0.2, -0.15) is 0 Å². The molecular formula is C27H45. The van der Waals surface area contributed by atoms with Crippen LogP contribution >= 0.6 is 0 Å². The number of hydrogen-bond acceptors (Lipinski definition) is 0. The van der Waals surface area contributed by atoms with Gasteiger partial charge in [0.25, 0.3) is 0 Å². The van der Waals surface area contributed by atoms with Crippen molar-refractivity contribution < 1.29 is 0 Å². The Hall–Kier alpha value is -0.260. The van der Waals surface area contributed by atoms with E-state index in [0.717, 1.165) is 35.5 Å². The van der Waals surface area contributed by atoms with Crippen molar-refractivity contribution in [1.29, 1.82) is 0 Å². The monoisotopic (exact) mass is 369 g/mol. The van der Waals surface area contributed by atoms with Crippen LogP contribution in [-0.2, 0) is 0 Å². The molecule has 4 aliphatic rings. The van der Waals surface area contributed by atoms with E-state index in [1.165, 1.54) is 70.6 Å². The van der Waals surface area contributed by atoms with Crippen LogP contribution in [0.25, 0.3) is 0 Å². The van der Waals surface area contributed by atoms with Gasteiger partial charge in [-0.3, -0.25) is 0 Å². The van der Waals surface area contributed by atoms with Gasteiger partial charge in [-0.15, -0.1) is 0 Å². The van der Waals surface area contributed by atoms with Crippen LogP contribution in [0.3, 0.4) is 0 Å². The maximum atomic E-state index is 2.87. The lowest BCUT2D eigenvalue weighted by Crippen LogP contribution is -2.50. The first-order valence-corrected chi connectivity index (χ1v) is 12.4. The van der Waals surface area contributed by atoms with E-state index in [1.807, 2.05) is 5.57 Å². The Balaban J connectivity index is 1.49. The molecule has 0 aliphatic heterocycles. The Labute approximate surface area is 170 Å². The molecule has 0 spiro atoms. The Kier molecular flexibility index (Phi) is 5.59. The maximum Gasteiger partial charge on any atom is -0.00852 e. The maximum absolute atomic E-state index is 2.87. The van der Waals surface area contributed by atoms with Crippen LogP contribution in [0.4, 0.5) is 0 Å². The Bertz CT molecular complexity index is 556. The Morgan fingerprint density at radius 1 is 1.00 bits per heavy atom. The fourth-order valence-corrected chi connectivity index (χ4v) is 8.37. The second-order valence-corrected chi connectivity index (χ2v) is 11.8. The lowest BCUT2D eigenvalue weighted by atomic mass is 9.47. The highest BCUT2D eigenvalue weighted by Gasteiger charge is 2.58. The molecule has 0 nitrogen and oxygen atoms in total. The molecule has 7 atom stereocenters. The molecule has 0 heteroatoms. The summed E-state index contributed by atoms with van der Waals surface area (Å²) in [4.78, 5) is 0. The van der Waals surface area contributed by atoms with Gasteiger partial charge in [-0.05, 0) is 97.7 Å². The van der Waals surface area contributed by atoms with Crippen LogP contribution in [0.5, 0.6) is 0 Å². The summed E-state index contributed by atoms with van der Waals surface area (Å²) in [5, 5.41) is 0. The van der Waals surface area contributed by atoms with Gasteiger partial charge in [0.2, 0.25) is 0 Å². The number of rotatable bonds is 5. The van der Waals surface area contributed by atoms with Crippen LogP contribution in [0, 0.1) is 52.8 Å². The third kappa shape index (κ3) is 3.36. The minimum absolute atomic E-state index is 0.523. The van der Waals surface area contributed by atoms with Crippen molar-refractivity contribution in [3.05, 3.63) is 18.1 Å². The first-order valence-electron chi connectivity index (χ1n) is 12.4. The van der Waals surface area contributed by atoms with Crippen molar-refractivity contribution in [2.45, 2.75) is 105 Å². The van der Waals surface area contributed by atoms with E-state index < -0.39 is 0 Å². The van der Waals surface area contributed by atoms with E-state index in [0.29, 0.717) is 10.8 Å². The zero-order valence-corrected chi connectivity index (χ0v) is 18.9. The van der Waals surface area contributed by atoms with Gasteiger partial charge in [0.1, 0.15) is 0 Å². The zero-order valence-electron chi connectivity index (χ0n) is 18.9. The molecule has 27 heavy (non-hydrogen) atoms. The van der Waals surface area contributed by atoms with Gasteiger partial charge < -0.3 is 0 Å². The normalized spacial score (nSPS) is 45.0. The summed E-state index contributed by atoms with van der Waals surface area (Å²) in [6, 6.07) is 0. The fraction of sp³-hybridized carbons (Fsp3) is 0.889. The van der Waals surface area contributed by atoms with E-state index in [9.17, 15) is 0 Å². The van der Waals surface area contributed by atoms with Crippen molar-refractivity contribution in [3.63, 3.8) is 0 Å². The van der Waals surface area contributed by atoms with Crippen LogP contribution in [0.1, 0.15) is 105 Å². The topological polar surface area (TPSA) is 0 Å². The number of allylic oxidation sites excluding steroid dienone is 2. The number of hydrogen-bond donors (Lipinski definition) is 0. The quantitative estimate of drug-likeness (QED) is 0.428. The van der Waals surface area contributed by atoms with Gasteiger partial charge in [0.05, 0.1) is 0 Å². The van der Waals surface area contributed by atoms with E-state index >= 15 is 0 Å². The van der Waals surface area contributed by atoms with E-state index in [4.69, 9.17) is 0 Å². The van der Waals surface area contributed by atoms with Crippen molar-refractivity contribution in [2.75, 3.05) is 0 Å². The standard InChI is InChI=1S/C27H45/c1-19(2)9-8-10-20(3)23-14-15-24-22-13-12-21-11-6-7-17-26(21,4)25(22)16-18-27(23,24)5/h12,18-20,22-25H,6-11,13-17H2,1-5H3/t20-,22+,23-,24+,25+,26+,27-/m1/s1. The highest BCUT2D eigenvalue weighted by molar-refractivity contribution is 5.26. The van der Waals surface area contributed by atoms with E-state index in [2.05, 4.69) is 47.1 Å². The highest BCUT2D eigenvalue weighted by Crippen LogP contribution is 2.67. The SMILES string of the molecule is CC(C)CCC[C@@H](C)[C@H]1CC[C@H]2[C@@H]3CC=C4CCCC[C@]4(C)[C@H]3C[CH][C@]12C. The van der Waals surface area contributed by atoms with Crippen molar-refractivity contribution in [2.24, 2.45) is 46.3 Å². The highest BCUT2D eigenvalue weighted by atomic mass is 14.6. The fourth-order valence-electron chi connectivity index (χ4n) is 8.37. The minimum atomic E-state index is 0.523. The molecule has 0 amide bonds. The molecule has 0 N–H and O–H groups in total. The molecule has 0 aromatic rings. The van der Waals surface area contributed by atoms with Crippen molar-refractivity contribution in [3.8, 4) is 0 Å². The molecule has 1 radical (unpaired) electrons. The third-order valence-corrected chi connectivity index (χ3v) is 9.94. The minimum Gasteiger partial charge on any atom is -0.0845 e. The zero-order chi connectivity index (χ0) is 19.2. The first kappa shape index (κ1) is 20.0. The average Bonchev–Trinajstić information content (AvgIpc) is 2.98. The molecule has 4 aliphatic carbocycles. The summed E-state index contributed by atoms with van der Waals surface area (Å²) >= 11 is 0. The molecule has 0 aromatic heterocycles. The second kappa shape index (κ2) is 7.53. The van der Waals surface area contributed by atoms with Gasteiger partial charge in [0.15, 0.2) is 0 Å². The average molecular weight is 370 g/mol. The largest absolute Gasteiger partial charge is 0.0845 e. The summed E-state index contributed by atoms with van der Waals surface area (Å²) in [6.07, 6.45) is 21.5. The summed E-state index contributed by atoms with van der Waals surface area (Å²) in [7, 11) is 0. The molecule has 0 heterocycles. The van der Waals surface area contributed by atoms with Crippen LogP contribution in [-0.4, -0.2) is 0 Å². The van der Waals surface area contributed by atoms with Gasteiger partial charge in [0, 0.05) is 0 Å². The second-order valence-electron chi connectivity index (χ2n) is 11.8. The lowest BCUT2D eigenvalue weighted by Gasteiger charge is -2.58. The molecule has 3 fully saturated rings. The summed E-state index contributed by atoms with van der Waals surface area (Å²) in [6.45, 7) is 12.7. The predicted octanol–water partition coefficient (Wildman–Crippen LogP) is 8.23. The van der Waals surface area contributed by atoms with Gasteiger partial charge >= 0.3 is 0 Å². The third-order valence-electron chi connectivity index (χ3n) is 9.94. The van der Waals surface area contributed by atoms with Gasteiger partial charge in [-0.1, -0.05) is 72.0 Å². The van der Waals surface area contributed by atoms with Gasteiger partial charge in [-0.25, -0.2) is 0 Å². The summed E-state index contributed by atoms with van der Waals surface area (Å²) in [5.41, 5.74) is 2.91. The molecule has 0 bridgehead atoms. The van der Waals surface area contributed by atoms with Crippen LogP contribution in [0.2, 0.25) is 0 Å². The smallest absolute Gasteiger partial charge is 0.00852 e. The molecule has 3 saturated carbocycles. The van der Waals surface area contributed by atoms with Crippen LogP contribution < -0.4 is 0 Å². The van der Waals surface area contributed by atoms with Crippen LogP contribution in [0.15, 0.2) is 11.6 Å². The summed E-state index contributed by atoms with van der Waals surface area (Å²) < 4.78 is 0. The molecular weight excluding hydrogens is 324 g/mol. The van der Waals surface area contributed by atoms with E-state index in [-0.39, 0.29) is 0 Å². The molecule has 153 valence electrons. The number of fused-ring (bicyclic) bond motifs is 5. The molecule has 0 unspecified atom stereocenters. The Morgan fingerprint density at radius 2 is 1.81 bits per heavy atom. The van der Waals surface area contributed by atoms with Crippen molar-refractivity contribution in [1.82, 2.24) is 0 Å². The van der Waals surface area contributed by atoms with E-state index in [1.54, 1.807) is 0 Å². The first-order chi connectivity index (χ1) is 12.9. The van der Waals surface area contributed by atoms with Crippen molar-refractivity contribution >= 4 is 0 Å². The lowest BCUT2D eigenvalue weighted by molar-refractivity contribution is -0.0150. The molecule has 4 rings (SSSR count).